The molecule has 12 rings (SSSR count). The third-order valence-electron chi connectivity index (χ3n) is 11.8. The SMILES string of the molecule is c1ccc2c(c1)c1cc(-c3ccc(-n4c5ccccc5c5ccccc54)cc3)ccc1c1ccc(-c3ccc(-n4c5ccccc5c5ccccc54)cn3)cc21. The number of pyridine rings is 1. The molecule has 0 fully saturated rings. The maximum atomic E-state index is 5.04. The van der Waals surface area contributed by atoms with Crippen LogP contribution in [0.4, 0.5) is 0 Å². The Balaban J connectivity index is 0.936. The van der Waals surface area contributed by atoms with Crippen molar-refractivity contribution >= 4 is 75.9 Å². The van der Waals surface area contributed by atoms with Crippen LogP contribution in [0.5, 0.6) is 0 Å². The highest BCUT2D eigenvalue weighted by atomic mass is 15.0. The zero-order valence-electron chi connectivity index (χ0n) is 30.4. The van der Waals surface area contributed by atoms with Crippen LogP contribution in [0.2, 0.25) is 0 Å². The fourth-order valence-corrected chi connectivity index (χ4v) is 9.19. The maximum absolute atomic E-state index is 5.04. The molecule has 0 bridgehead atoms. The number of hydrogen-bond acceptors (Lipinski definition) is 1. The lowest BCUT2D eigenvalue weighted by atomic mass is 9.91. The molecule has 3 nitrogen and oxygen atoms in total. The molecule has 0 radical (unpaired) electrons. The van der Waals surface area contributed by atoms with E-state index in [1.807, 2.05) is 6.20 Å². The van der Waals surface area contributed by atoms with E-state index in [9.17, 15) is 0 Å². The standard InChI is InChI=1S/C53H33N3/c1-2-12-40-39(11-1)47-31-35(34-21-25-37(26-22-34)55-50-17-7-3-13-43(50)44-14-4-8-18-51(44)55)23-28-41(47)42-29-24-36(32-48(40)42)49-30-27-38(33-54-49)56-52-19-9-5-15-45(52)46-16-6-10-20-53(46)56/h1-33H. The van der Waals surface area contributed by atoms with Crippen LogP contribution in [0.25, 0.3) is 110 Å². The van der Waals surface area contributed by atoms with E-state index in [2.05, 4.69) is 203 Å². The topological polar surface area (TPSA) is 22.8 Å². The number of para-hydroxylation sites is 4. The third kappa shape index (κ3) is 4.55. The van der Waals surface area contributed by atoms with Crippen molar-refractivity contribution in [3.8, 4) is 33.8 Å². The lowest BCUT2D eigenvalue weighted by molar-refractivity contribution is 1.14. The number of nitrogens with zero attached hydrogens (tertiary/aromatic N) is 3. The monoisotopic (exact) mass is 711 g/mol. The number of fused-ring (bicyclic) bond motifs is 12. The normalized spacial score (nSPS) is 11.9. The Labute approximate surface area is 322 Å². The summed E-state index contributed by atoms with van der Waals surface area (Å²) in [7, 11) is 0. The minimum atomic E-state index is 0.959. The van der Waals surface area contributed by atoms with Gasteiger partial charge < -0.3 is 9.13 Å². The zero-order valence-corrected chi connectivity index (χ0v) is 30.4. The van der Waals surface area contributed by atoms with Gasteiger partial charge in [0.05, 0.1) is 39.6 Å². The predicted octanol–water partition coefficient (Wildman–Crippen LogP) is 14.1. The molecule has 0 aliphatic heterocycles. The summed E-state index contributed by atoms with van der Waals surface area (Å²) in [4.78, 5) is 5.04. The van der Waals surface area contributed by atoms with Crippen LogP contribution >= 0.6 is 0 Å². The van der Waals surface area contributed by atoms with Gasteiger partial charge in [-0.25, -0.2) is 0 Å². The number of benzene rings is 9. The summed E-state index contributed by atoms with van der Waals surface area (Å²) in [6.45, 7) is 0. The average molecular weight is 712 g/mol. The molecule has 0 amide bonds. The van der Waals surface area contributed by atoms with E-state index >= 15 is 0 Å². The molecular weight excluding hydrogens is 679 g/mol. The van der Waals surface area contributed by atoms with Gasteiger partial charge in [-0.2, -0.15) is 0 Å². The van der Waals surface area contributed by atoms with Gasteiger partial charge in [-0.15, -0.1) is 0 Å². The predicted molar refractivity (Wildman–Crippen MR) is 236 cm³/mol. The van der Waals surface area contributed by atoms with Gasteiger partial charge >= 0.3 is 0 Å². The van der Waals surface area contributed by atoms with Gasteiger partial charge in [0.25, 0.3) is 0 Å². The molecule has 260 valence electrons. The first kappa shape index (κ1) is 30.9. The van der Waals surface area contributed by atoms with Crippen LogP contribution in [0, 0.1) is 0 Å². The second-order valence-electron chi connectivity index (χ2n) is 14.8. The lowest BCUT2D eigenvalue weighted by Gasteiger charge is -2.14. The molecule has 0 N–H and O–H groups in total. The van der Waals surface area contributed by atoms with Crippen molar-refractivity contribution in [2.45, 2.75) is 0 Å². The Morgan fingerprint density at radius 1 is 0.268 bits per heavy atom. The molecule has 3 aromatic heterocycles. The van der Waals surface area contributed by atoms with Gasteiger partial charge in [-0.05, 0) is 104 Å². The smallest absolute Gasteiger partial charge is 0.0703 e. The van der Waals surface area contributed by atoms with Gasteiger partial charge in [-0.1, -0.05) is 133 Å². The molecule has 0 atom stereocenters. The number of aromatic nitrogens is 3. The second kappa shape index (κ2) is 12.0. The molecule has 9 aromatic carbocycles. The first-order valence-corrected chi connectivity index (χ1v) is 19.2. The summed E-state index contributed by atoms with van der Waals surface area (Å²) < 4.78 is 4.69. The van der Waals surface area contributed by atoms with Crippen molar-refractivity contribution in [2.24, 2.45) is 0 Å². The average Bonchev–Trinajstić information content (AvgIpc) is 3.79. The molecule has 0 aliphatic rings. The summed E-state index contributed by atoms with van der Waals surface area (Å²) in [5, 5.41) is 12.6. The molecule has 56 heavy (non-hydrogen) atoms. The van der Waals surface area contributed by atoms with E-state index in [1.165, 1.54) is 87.1 Å². The molecule has 0 aliphatic carbocycles. The van der Waals surface area contributed by atoms with E-state index in [4.69, 9.17) is 4.98 Å². The Kier molecular flexibility index (Phi) is 6.63. The Bertz CT molecular complexity index is 3150. The summed E-state index contributed by atoms with van der Waals surface area (Å²) in [6, 6.07) is 70.5. The molecule has 0 spiro atoms. The summed E-state index contributed by atoms with van der Waals surface area (Å²) in [5.74, 6) is 0. The minimum Gasteiger partial charge on any atom is -0.309 e. The highest BCUT2D eigenvalue weighted by Crippen LogP contribution is 2.40. The van der Waals surface area contributed by atoms with E-state index in [-0.39, 0.29) is 0 Å². The van der Waals surface area contributed by atoms with Gasteiger partial charge in [0.1, 0.15) is 0 Å². The molecule has 0 saturated carbocycles. The van der Waals surface area contributed by atoms with Crippen molar-refractivity contribution < 1.29 is 0 Å². The van der Waals surface area contributed by atoms with Gasteiger partial charge in [-0.3, -0.25) is 4.98 Å². The van der Waals surface area contributed by atoms with Crippen LogP contribution in [-0.4, -0.2) is 14.1 Å². The van der Waals surface area contributed by atoms with Crippen molar-refractivity contribution in [2.75, 3.05) is 0 Å². The van der Waals surface area contributed by atoms with Crippen LogP contribution in [0.15, 0.2) is 200 Å². The third-order valence-corrected chi connectivity index (χ3v) is 11.8. The van der Waals surface area contributed by atoms with E-state index < -0.39 is 0 Å². The molecule has 0 saturated heterocycles. The first-order valence-electron chi connectivity index (χ1n) is 19.2. The molecule has 12 aromatic rings. The minimum absolute atomic E-state index is 0.959. The Morgan fingerprint density at radius 2 is 0.643 bits per heavy atom. The number of rotatable bonds is 4. The van der Waals surface area contributed by atoms with Crippen molar-refractivity contribution in [1.82, 2.24) is 14.1 Å². The van der Waals surface area contributed by atoms with Crippen molar-refractivity contribution in [1.29, 1.82) is 0 Å². The largest absolute Gasteiger partial charge is 0.309 e. The zero-order chi connectivity index (χ0) is 36.7. The van der Waals surface area contributed by atoms with E-state index in [0.717, 1.165) is 22.6 Å². The quantitative estimate of drug-likeness (QED) is 0.167. The second-order valence-corrected chi connectivity index (χ2v) is 14.8. The number of hydrogen-bond donors (Lipinski definition) is 0. The summed E-state index contributed by atoms with van der Waals surface area (Å²) >= 11 is 0. The van der Waals surface area contributed by atoms with E-state index in [1.54, 1.807) is 0 Å². The molecular formula is C53H33N3. The van der Waals surface area contributed by atoms with Crippen LogP contribution in [0.1, 0.15) is 0 Å². The van der Waals surface area contributed by atoms with Crippen molar-refractivity contribution in [3.05, 3.63) is 200 Å². The molecule has 3 heterocycles. The summed E-state index contributed by atoms with van der Waals surface area (Å²) in [6.07, 6.45) is 2.01. The lowest BCUT2D eigenvalue weighted by Crippen LogP contribution is -1.95. The van der Waals surface area contributed by atoms with Crippen molar-refractivity contribution in [3.63, 3.8) is 0 Å². The van der Waals surface area contributed by atoms with Crippen LogP contribution in [0.3, 0.4) is 0 Å². The van der Waals surface area contributed by atoms with Gasteiger partial charge in [0.2, 0.25) is 0 Å². The molecule has 3 heteroatoms. The Morgan fingerprint density at radius 3 is 1.12 bits per heavy atom. The van der Waals surface area contributed by atoms with Gasteiger partial charge in [0.15, 0.2) is 0 Å². The highest BCUT2D eigenvalue weighted by Gasteiger charge is 2.15. The fourth-order valence-electron chi connectivity index (χ4n) is 9.19. The Hall–Kier alpha value is -7.49. The molecule has 0 unspecified atom stereocenters. The fraction of sp³-hybridized carbons (Fsp3) is 0. The van der Waals surface area contributed by atoms with E-state index in [0.29, 0.717) is 0 Å². The van der Waals surface area contributed by atoms with Crippen LogP contribution in [-0.2, 0) is 0 Å². The highest BCUT2D eigenvalue weighted by molar-refractivity contribution is 6.26. The van der Waals surface area contributed by atoms with Crippen LogP contribution < -0.4 is 0 Å². The van der Waals surface area contributed by atoms with Gasteiger partial charge in [0, 0.05) is 32.8 Å². The first-order chi connectivity index (χ1) is 27.8. The maximum Gasteiger partial charge on any atom is 0.0703 e. The summed E-state index contributed by atoms with van der Waals surface area (Å²) in [5.41, 5.74) is 11.5.